The molecule has 0 aliphatic rings. The Hall–Kier alpha value is 0.350. The molecule has 0 rings (SSSR count). The zero-order valence-corrected chi connectivity index (χ0v) is 22.0. The molecule has 0 amide bonds. The molecule has 0 aromatic rings. The van der Waals surface area contributed by atoms with Crippen LogP contribution in [0.25, 0.3) is 0 Å². The molecular formula is C23H49NaO5. The van der Waals surface area contributed by atoms with Crippen molar-refractivity contribution >= 4 is 5.97 Å². The molecule has 1 unspecified atom stereocenters. The van der Waals surface area contributed by atoms with Gasteiger partial charge in [-0.1, -0.05) is 96.8 Å². The number of aliphatic hydroxyl groups is 3. The fourth-order valence-electron chi connectivity index (χ4n) is 2.64. The van der Waals surface area contributed by atoms with Crippen LogP contribution in [0, 0.1) is 0 Å². The maximum Gasteiger partial charge on any atom is 1.00 e. The van der Waals surface area contributed by atoms with Crippen LogP contribution in [0.4, 0.5) is 0 Å². The number of hydrogen-bond donors (Lipinski definition) is 3. The van der Waals surface area contributed by atoms with E-state index >= 15 is 0 Å². The van der Waals surface area contributed by atoms with Crippen LogP contribution in [0.2, 0.25) is 0 Å². The summed E-state index contributed by atoms with van der Waals surface area (Å²) in [6, 6.07) is 0. The van der Waals surface area contributed by atoms with Gasteiger partial charge in [0.15, 0.2) is 0 Å². The number of rotatable bonds is 17. The van der Waals surface area contributed by atoms with Gasteiger partial charge < -0.3 is 25.2 Å². The van der Waals surface area contributed by atoms with Crippen molar-refractivity contribution in [3.05, 3.63) is 0 Å². The SMILES string of the molecule is CC(O)CO.CCCCCCCCCCCCCCCCCC(=O)[O-].CCO.[Na+]. The third-order valence-corrected chi connectivity index (χ3v) is 4.25. The van der Waals surface area contributed by atoms with Crippen LogP contribution >= 0.6 is 0 Å². The number of aliphatic hydroxyl groups excluding tert-OH is 3. The summed E-state index contributed by atoms with van der Waals surface area (Å²) in [6.07, 6.45) is 19.3. The van der Waals surface area contributed by atoms with Gasteiger partial charge in [0.25, 0.3) is 0 Å². The third kappa shape index (κ3) is 52.6. The molecule has 0 fully saturated rings. The Balaban J connectivity index is -0.000000294. The molecular weight excluding hydrogens is 379 g/mol. The van der Waals surface area contributed by atoms with Crippen LogP contribution in [0.15, 0.2) is 0 Å². The maximum atomic E-state index is 10.2. The van der Waals surface area contributed by atoms with Gasteiger partial charge in [-0.05, 0) is 26.7 Å². The van der Waals surface area contributed by atoms with Gasteiger partial charge in [0, 0.05) is 12.6 Å². The first-order chi connectivity index (χ1) is 13.5. The summed E-state index contributed by atoms with van der Waals surface area (Å²) in [5.74, 6) is -0.903. The number of carboxylic acid groups (broad SMARTS) is 1. The fraction of sp³-hybridized carbons (Fsp3) is 0.957. The van der Waals surface area contributed by atoms with Crippen molar-refractivity contribution in [3.63, 3.8) is 0 Å². The molecule has 3 N–H and O–H groups in total. The van der Waals surface area contributed by atoms with E-state index in [0.29, 0.717) is 0 Å². The van der Waals surface area contributed by atoms with Gasteiger partial charge in [0.2, 0.25) is 0 Å². The average molecular weight is 429 g/mol. The number of unbranched alkanes of at least 4 members (excludes halogenated alkanes) is 14. The van der Waals surface area contributed by atoms with Gasteiger partial charge in [-0.25, -0.2) is 0 Å². The molecule has 0 aliphatic heterocycles. The maximum absolute atomic E-state index is 10.2. The molecule has 0 spiro atoms. The normalized spacial score (nSPS) is 10.7. The van der Waals surface area contributed by atoms with Crippen molar-refractivity contribution in [2.45, 2.75) is 130 Å². The van der Waals surface area contributed by atoms with Gasteiger partial charge in [-0.15, -0.1) is 0 Å². The van der Waals surface area contributed by atoms with E-state index in [-0.39, 0.29) is 49.2 Å². The molecule has 0 bridgehead atoms. The van der Waals surface area contributed by atoms with Crippen molar-refractivity contribution in [2.75, 3.05) is 13.2 Å². The topological polar surface area (TPSA) is 101 Å². The first kappa shape index (κ1) is 36.7. The zero-order valence-electron chi connectivity index (χ0n) is 20.0. The minimum atomic E-state index is -0.903. The molecule has 172 valence electrons. The van der Waals surface area contributed by atoms with Gasteiger partial charge in [0.1, 0.15) is 0 Å². The number of hydrogen-bond acceptors (Lipinski definition) is 5. The Morgan fingerprint density at radius 3 is 1.17 bits per heavy atom. The second kappa shape index (κ2) is 35.8. The molecule has 1 atom stereocenters. The quantitative estimate of drug-likeness (QED) is 0.240. The number of carboxylic acids is 1. The Morgan fingerprint density at radius 2 is 0.966 bits per heavy atom. The summed E-state index contributed by atoms with van der Waals surface area (Å²) in [7, 11) is 0. The number of carbonyl (C=O) groups excluding carboxylic acids is 1. The van der Waals surface area contributed by atoms with Crippen LogP contribution in [-0.2, 0) is 4.79 Å². The smallest absolute Gasteiger partial charge is 0.550 e. The first-order valence-electron chi connectivity index (χ1n) is 11.6. The molecule has 0 saturated heterocycles. The average Bonchev–Trinajstić information content (AvgIpc) is 2.65. The van der Waals surface area contributed by atoms with E-state index < -0.39 is 12.1 Å². The molecule has 0 radical (unpaired) electrons. The van der Waals surface area contributed by atoms with E-state index in [4.69, 9.17) is 15.3 Å². The minimum Gasteiger partial charge on any atom is -0.550 e. The fourth-order valence-corrected chi connectivity index (χ4v) is 2.64. The standard InChI is InChI=1S/C18H36O2.C3H8O2.C2H6O.Na/c1-2-3-4-5-6-7-8-9-10-11-12-13-14-15-16-17-18(19)20;1-3(5)2-4;1-2-3;/h2-17H2,1H3,(H,19,20);3-5H,2H2,1H3;3H,2H2,1H3;/q;;;+1/p-1. The van der Waals surface area contributed by atoms with Crippen molar-refractivity contribution in [1.82, 2.24) is 0 Å². The first-order valence-corrected chi connectivity index (χ1v) is 11.6. The van der Waals surface area contributed by atoms with E-state index in [9.17, 15) is 9.90 Å². The van der Waals surface area contributed by atoms with E-state index in [1.165, 1.54) is 90.4 Å². The van der Waals surface area contributed by atoms with Crippen LogP contribution in [-0.4, -0.2) is 40.6 Å². The van der Waals surface area contributed by atoms with Crippen LogP contribution in [0.3, 0.4) is 0 Å². The van der Waals surface area contributed by atoms with E-state index in [2.05, 4.69) is 6.92 Å². The Morgan fingerprint density at radius 1 is 0.724 bits per heavy atom. The Bertz CT molecular complexity index is 276. The van der Waals surface area contributed by atoms with Gasteiger partial charge in [0.05, 0.1) is 12.7 Å². The summed E-state index contributed by atoms with van der Waals surface area (Å²) in [5, 5.41) is 33.8. The molecule has 6 heteroatoms. The van der Waals surface area contributed by atoms with Gasteiger partial charge in [-0.2, -0.15) is 0 Å². The minimum absolute atomic E-state index is 0. The Labute approximate surface area is 203 Å². The number of carbonyl (C=O) groups is 1. The van der Waals surface area contributed by atoms with Crippen molar-refractivity contribution in [3.8, 4) is 0 Å². The molecule has 29 heavy (non-hydrogen) atoms. The zero-order chi connectivity index (χ0) is 21.9. The molecule has 0 aromatic carbocycles. The summed E-state index contributed by atoms with van der Waals surface area (Å²) in [4.78, 5) is 10.2. The predicted octanol–water partition coefficient (Wildman–Crippen LogP) is 1.36. The summed E-state index contributed by atoms with van der Waals surface area (Å²) < 4.78 is 0. The molecule has 0 saturated carbocycles. The van der Waals surface area contributed by atoms with Gasteiger partial charge in [-0.3, -0.25) is 0 Å². The van der Waals surface area contributed by atoms with Gasteiger partial charge >= 0.3 is 29.6 Å². The monoisotopic (exact) mass is 428 g/mol. The predicted molar refractivity (Wildman–Crippen MR) is 116 cm³/mol. The van der Waals surface area contributed by atoms with Crippen molar-refractivity contribution in [1.29, 1.82) is 0 Å². The molecule has 0 aromatic heterocycles. The third-order valence-electron chi connectivity index (χ3n) is 4.25. The van der Waals surface area contributed by atoms with Crippen LogP contribution in [0.5, 0.6) is 0 Å². The van der Waals surface area contributed by atoms with Crippen molar-refractivity contribution in [2.24, 2.45) is 0 Å². The summed E-state index contributed by atoms with van der Waals surface area (Å²) in [5.41, 5.74) is 0. The van der Waals surface area contributed by atoms with E-state index in [1.54, 1.807) is 6.92 Å². The molecule has 0 aliphatic carbocycles. The number of aliphatic carboxylic acids is 1. The van der Waals surface area contributed by atoms with E-state index in [0.717, 1.165) is 12.8 Å². The van der Waals surface area contributed by atoms with Crippen LogP contribution in [0.1, 0.15) is 124 Å². The van der Waals surface area contributed by atoms with Crippen molar-refractivity contribution < 1.29 is 54.8 Å². The second-order valence-corrected chi connectivity index (χ2v) is 7.42. The van der Waals surface area contributed by atoms with Crippen LogP contribution < -0.4 is 34.7 Å². The molecule has 5 nitrogen and oxygen atoms in total. The summed E-state index contributed by atoms with van der Waals surface area (Å²) in [6.45, 7) is 5.59. The summed E-state index contributed by atoms with van der Waals surface area (Å²) >= 11 is 0. The Kier molecular flexibility index (Phi) is 45.3. The van der Waals surface area contributed by atoms with E-state index in [1.807, 2.05) is 0 Å². The molecule has 0 heterocycles. The largest absolute Gasteiger partial charge is 1.00 e. The second-order valence-electron chi connectivity index (χ2n) is 7.42.